The van der Waals surface area contributed by atoms with Crippen LogP contribution in [0.3, 0.4) is 0 Å². The van der Waals surface area contributed by atoms with Crippen LogP contribution in [0.2, 0.25) is 0 Å². The first-order valence-electron chi connectivity index (χ1n) is 6.29. The molecule has 0 saturated carbocycles. The van der Waals surface area contributed by atoms with E-state index in [0.717, 1.165) is 17.7 Å². The van der Waals surface area contributed by atoms with E-state index < -0.39 is 0 Å². The third kappa shape index (κ3) is 3.88. The van der Waals surface area contributed by atoms with E-state index in [2.05, 4.69) is 4.90 Å². The minimum atomic E-state index is -0.162. The van der Waals surface area contributed by atoms with Gasteiger partial charge in [-0.25, -0.2) is 4.39 Å². The number of rotatable bonds is 5. The van der Waals surface area contributed by atoms with Crippen LogP contribution in [0, 0.1) is 5.82 Å². The number of nitrogens with zero attached hydrogens (tertiary/aromatic N) is 1. The number of benzene rings is 2. The Hall–Kier alpha value is -1.71. The van der Waals surface area contributed by atoms with Gasteiger partial charge < -0.3 is 5.11 Å². The lowest BCUT2D eigenvalue weighted by Crippen LogP contribution is -2.18. The predicted molar refractivity (Wildman–Crippen MR) is 73.9 cm³/mol. The van der Waals surface area contributed by atoms with Gasteiger partial charge in [-0.1, -0.05) is 42.5 Å². The summed E-state index contributed by atoms with van der Waals surface area (Å²) in [5.41, 5.74) is 2.76. The first-order valence-corrected chi connectivity index (χ1v) is 6.29. The van der Waals surface area contributed by atoms with Gasteiger partial charge in [-0.05, 0) is 24.2 Å². The monoisotopic (exact) mass is 259 g/mol. The van der Waals surface area contributed by atoms with Gasteiger partial charge in [0.25, 0.3) is 0 Å². The average Bonchev–Trinajstić information content (AvgIpc) is 2.42. The number of hydrogen-bond donors (Lipinski definition) is 1. The molecule has 0 aliphatic rings. The van der Waals surface area contributed by atoms with Gasteiger partial charge in [0.05, 0.1) is 6.61 Å². The van der Waals surface area contributed by atoms with E-state index in [9.17, 15) is 4.39 Å². The average molecular weight is 259 g/mol. The molecule has 19 heavy (non-hydrogen) atoms. The molecule has 0 heterocycles. The number of aliphatic hydroxyl groups excluding tert-OH is 1. The van der Waals surface area contributed by atoms with Gasteiger partial charge in [-0.15, -0.1) is 0 Å². The van der Waals surface area contributed by atoms with Crippen molar-refractivity contribution in [3.63, 3.8) is 0 Å². The first-order chi connectivity index (χ1) is 9.19. The van der Waals surface area contributed by atoms with Gasteiger partial charge in [-0.3, -0.25) is 4.90 Å². The lowest BCUT2D eigenvalue weighted by atomic mass is 10.1. The molecule has 100 valence electrons. The SMILES string of the molecule is CN(Cc1ccc(CO)cc1)Cc1ccccc1F. The Labute approximate surface area is 113 Å². The highest BCUT2D eigenvalue weighted by molar-refractivity contribution is 5.22. The fourth-order valence-electron chi connectivity index (χ4n) is 2.04. The Morgan fingerprint density at radius 1 is 0.947 bits per heavy atom. The van der Waals surface area contributed by atoms with Crippen LogP contribution in [0.5, 0.6) is 0 Å². The summed E-state index contributed by atoms with van der Waals surface area (Å²) in [6.07, 6.45) is 0. The van der Waals surface area contributed by atoms with Crippen molar-refractivity contribution in [2.75, 3.05) is 7.05 Å². The van der Waals surface area contributed by atoms with Crippen LogP contribution in [0.25, 0.3) is 0 Å². The van der Waals surface area contributed by atoms with Crippen molar-refractivity contribution in [3.05, 3.63) is 71.0 Å². The first kappa shape index (κ1) is 13.7. The van der Waals surface area contributed by atoms with Gasteiger partial charge in [0.15, 0.2) is 0 Å². The van der Waals surface area contributed by atoms with Crippen LogP contribution in [0.4, 0.5) is 4.39 Å². The lowest BCUT2D eigenvalue weighted by molar-refractivity contribution is 0.281. The maximum absolute atomic E-state index is 13.5. The summed E-state index contributed by atoms with van der Waals surface area (Å²) in [6, 6.07) is 14.6. The Balaban J connectivity index is 1.97. The molecule has 2 aromatic rings. The fraction of sp³-hybridized carbons (Fsp3) is 0.250. The summed E-state index contributed by atoms with van der Waals surface area (Å²) < 4.78 is 13.5. The molecule has 0 bridgehead atoms. The van der Waals surface area contributed by atoms with Crippen LogP contribution in [-0.2, 0) is 19.7 Å². The zero-order valence-electron chi connectivity index (χ0n) is 11.0. The molecule has 0 aliphatic heterocycles. The van der Waals surface area contributed by atoms with Gasteiger partial charge in [-0.2, -0.15) is 0 Å². The van der Waals surface area contributed by atoms with Crippen molar-refractivity contribution < 1.29 is 9.50 Å². The van der Waals surface area contributed by atoms with E-state index in [-0.39, 0.29) is 12.4 Å². The van der Waals surface area contributed by atoms with Crippen LogP contribution < -0.4 is 0 Å². The second kappa shape index (κ2) is 6.45. The van der Waals surface area contributed by atoms with Crippen molar-refractivity contribution >= 4 is 0 Å². The molecule has 0 spiro atoms. The molecular weight excluding hydrogens is 241 g/mol. The molecule has 0 fully saturated rings. The maximum atomic E-state index is 13.5. The third-order valence-corrected chi connectivity index (χ3v) is 3.06. The minimum Gasteiger partial charge on any atom is -0.392 e. The second-order valence-corrected chi connectivity index (χ2v) is 4.74. The molecule has 0 aliphatic carbocycles. The molecule has 0 unspecified atom stereocenters. The molecule has 0 aromatic heterocycles. The topological polar surface area (TPSA) is 23.5 Å². The second-order valence-electron chi connectivity index (χ2n) is 4.74. The van der Waals surface area contributed by atoms with E-state index in [4.69, 9.17) is 5.11 Å². The molecule has 2 rings (SSSR count). The third-order valence-electron chi connectivity index (χ3n) is 3.06. The lowest BCUT2D eigenvalue weighted by Gasteiger charge is -2.17. The highest BCUT2D eigenvalue weighted by Crippen LogP contribution is 2.12. The van der Waals surface area contributed by atoms with Crippen molar-refractivity contribution in [1.82, 2.24) is 4.90 Å². The van der Waals surface area contributed by atoms with Crippen LogP contribution in [-0.4, -0.2) is 17.1 Å². The molecule has 3 heteroatoms. The number of halogens is 1. The summed E-state index contributed by atoms with van der Waals surface area (Å²) in [4.78, 5) is 2.06. The van der Waals surface area contributed by atoms with Crippen LogP contribution in [0.1, 0.15) is 16.7 Å². The van der Waals surface area contributed by atoms with Gasteiger partial charge in [0.1, 0.15) is 5.82 Å². The van der Waals surface area contributed by atoms with E-state index in [0.29, 0.717) is 12.1 Å². The maximum Gasteiger partial charge on any atom is 0.127 e. The molecule has 0 atom stereocenters. The fourth-order valence-corrected chi connectivity index (χ4v) is 2.04. The highest BCUT2D eigenvalue weighted by atomic mass is 19.1. The van der Waals surface area contributed by atoms with Gasteiger partial charge >= 0.3 is 0 Å². The van der Waals surface area contributed by atoms with Crippen molar-refractivity contribution in [2.45, 2.75) is 19.7 Å². The molecule has 2 nitrogen and oxygen atoms in total. The smallest absolute Gasteiger partial charge is 0.127 e. The van der Waals surface area contributed by atoms with Gasteiger partial charge in [0, 0.05) is 18.7 Å². The zero-order chi connectivity index (χ0) is 13.7. The summed E-state index contributed by atoms with van der Waals surface area (Å²) in [6.45, 7) is 1.39. The van der Waals surface area contributed by atoms with Crippen molar-refractivity contribution in [3.8, 4) is 0 Å². The molecule has 0 amide bonds. The zero-order valence-corrected chi connectivity index (χ0v) is 11.0. The molecule has 2 aromatic carbocycles. The normalized spacial score (nSPS) is 10.9. The summed E-state index contributed by atoms with van der Waals surface area (Å²) in [5.74, 6) is -0.162. The van der Waals surface area contributed by atoms with Crippen molar-refractivity contribution in [2.24, 2.45) is 0 Å². The van der Waals surface area contributed by atoms with E-state index in [1.807, 2.05) is 37.4 Å². The predicted octanol–water partition coefficient (Wildman–Crippen LogP) is 2.95. The summed E-state index contributed by atoms with van der Waals surface area (Å²) in [5, 5.41) is 8.98. The summed E-state index contributed by atoms with van der Waals surface area (Å²) >= 11 is 0. The number of aliphatic hydroxyl groups is 1. The largest absolute Gasteiger partial charge is 0.392 e. The Morgan fingerprint density at radius 3 is 2.21 bits per heavy atom. The quantitative estimate of drug-likeness (QED) is 0.892. The minimum absolute atomic E-state index is 0.0609. The van der Waals surface area contributed by atoms with Crippen LogP contribution in [0.15, 0.2) is 48.5 Å². The Kier molecular flexibility index (Phi) is 4.66. The molecule has 0 saturated heterocycles. The molecule has 0 radical (unpaired) electrons. The number of hydrogen-bond acceptors (Lipinski definition) is 2. The standard InChI is InChI=1S/C16H18FNO/c1-18(11-15-4-2-3-5-16(15)17)10-13-6-8-14(12-19)9-7-13/h2-9,19H,10-12H2,1H3. The molecular formula is C16H18FNO. The summed E-state index contributed by atoms with van der Waals surface area (Å²) in [7, 11) is 1.96. The van der Waals surface area contributed by atoms with E-state index in [1.165, 1.54) is 6.07 Å². The Morgan fingerprint density at radius 2 is 1.58 bits per heavy atom. The van der Waals surface area contributed by atoms with Crippen LogP contribution >= 0.6 is 0 Å². The van der Waals surface area contributed by atoms with E-state index in [1.54, 1.807) is 12.1 Å². The van der Waals surface area contributed by atoms with Gasteiger partial charge in [0.2, 0.25) is 0 Å². The molecule has 1 N–H and O–H groups in total. The van der Waals surface area contributed by atoms with Crippen molar-refractivity contribution in [1.29, 1.82) is 0 Å². The van der Waals surface area contributed by atoms with E-state index >= 15 is 0 Å². The highest BCUT2D eigenvalue weighted by Gasteiger charge is 2.05. The Bertz CT molecular complexity index is 525.